The number of halogens is 2. The van der Waals surface area contributed by atoms with Crippen molar-refractivity contribution in [3.63, 3.8) is 0 Å². The maximum Gasteiger partial charge on any atom is 0.119 e. The Balaban J connectivity index is 2.00. The van der Waals surface area contributed by atoms with Crippen LogP contribution in [0.5, 0.6) is 5.75 Å². The largest absolute Gasteiger partial charge is 0.489 e. The van der Waals surface area contributed by atoms with Gasteiger partial charge in [0.25, 0.3) is 0 Å². The van der Waals surface area contributed by atoms with Crippen LogP contribution in [0.2, 0.25) is 5.02 Å². The molecule has 2 rings (SSSR count). The monoisotopic (exact) mass is 353 g/mol. The molecule has 0 aliphatic heterocycles. The fourth-order valence-electron chi connectivity index (χ4n) is 1.85. The summed E-state index contributed by atoms with van der Waals surface area (Å²) in [6.45, 7) is 2.52. The van der Waals surface area contributed by atoms with Crippen molar-refractivity contribution in [1.82, 2.24) is 0 Å². The molecule has 0 radical (unpaired) electrons. The van der Waals surface area contributed by atoms with Crippen molar-refractivity contribution >= 4 is 27.5 Å². The van der Waals surface area contributed by atoms with E-state index in [0.29, 0.717) is 11.6 Å². The summed E-state index contributed by atoms with van der Waals surface area (Å²) in [7, 11) is 0. The van der Waals surface area contributed by atoms with Gasteiger partial charge < -0.3 is 10.5 Å². The molecule has 106 valence electrons. The Morgan fingerprint density at radius 3 is 2.50 bits per heavy atom. The van der Waals surface area contributed by atoms with Gasteiger partial charge >= 0.3 is 0 Å². The smallest absolute Gasteiger partial charge is 0.119 e. The first-order chi connectivity index (χ1) is 9.60. The minimum absolute atomic E-state index is 0.0879. The second-order valence-electron chi connectivity index (χ2n) is 4.61. The van der Waals surface area contributed by atoms with E-state index in [2.05, 4.69) is 22.9 Å². The molecule has 4 heteroatoms. The highest BCUT2D eigenvalue weighted by Gasteiger charge is 2.05. The summed E-state index contributed by atoms with van der Waals surface area (Å²) in [6.07, 6.45) is 0.925. The first-order valence-corrected chi connectivity index (χ1v) is 7.69. The molecule has 0 bridgehead atoms. The Kier molecular flexibility index (Phi) is 5.46. The number of rotatable bonds is 5. The molecule has 0 saturated heterocycles. The lowest BCUT2D eigenvalue weighted by Gasteiger charge is -2.11. The lowest BCUT2D eigenvalue weighted by Crippen LogP contribution is -2.08. The summed E-state index contributed by atoms with van der Waals surface area (Å²) in [4.78, 5) is 0. The molecule has 0 heterocycles. The second-order valence-corrected chi connectivity index (χ2v) is 5.93. The van der Waals surface area contributed by atoms with E-state index in [0.717, 1.165) is 27.8 Å². The van der Waals surface area contributed by atoms with Gasteiger partial charge in [-0.15, -0.1) is 0 Å². The first kappa shape index (κ1) is 15.4. The van der Waals surface area contributed by atoms with Crippen molar-refractivity contribution in [1.29, 1.82) is 0 Å². The predicted molar refractivity (Wildman–Crippen MR) is 87.1 cm³/mol. The van der Waals surface area contributed by atoms with Gasteiger partial charge in [0.15, 0.2) is 0 Å². The maximum absolute atomic E-state index is 6.15. The van der Waals surface area contributed by atoms with Crippen LogP contribution in [0.3, 0.4) is 0 Å². The average molecular weight is 355 g/mol. The molecular formula is C16H17BrClNO. The molecule has 20 heavy (non-hydrogen) atoms. The zero-order chi connectivity index (χ0) is 14.5. The van der Waals surface area contributed by atoms with Crippen LogP contribution in [0.4, 0.5) is 0 Å². The summed E-state index contributed by atoms with van der Waals surface area (Å²) in [5.41, 5.74) is 8.07. The third-order valence-corrected chi connectivity index (χ3v) is 4.00. The molecule has 0 aliphatic carbocycles. The fourth-order valence-corrected chi connectivity index (χ4v) is 2.57. The Labute approximate surface area is 133 Å². The summed E-state index contributed by atoms with van der Waals surface area (Å²) in [6, 6.07) is 13.8. The van der Waals surface area contributed by atoms with Crippen LogP contribution < -0.4 is 10.5 Å². The molecule has 2 nitrogen and oxygen atoms in total. The fraction of sp³-hybridized carbons (Fsp3) is 0.250. The molecule has 0 aliphatic rings. The van der Waals surface area contributed by atoms with Crippen LogP contribution in [-0.4, -0.2) is 0 Å². The van der Waals surface area contributed by atoms with Gasteiger partial charge in [-0.05, 0) is 36.2 Å². The molecule has 0 aromatic heterocycles. The minimum atomic E-state index is 0.0879. The third kappa shape index (κ3) is 3.98. The normalized spacial score (nSPS) is 12.2. The van der Waals surface area contributed by atoms with E-state index in [1.165, 1.54) is 0 Å². The summed E-state index contributed by atoms with van der Waals surface area (Å²) in [5, 5.41) is 0.698. The van der Waals surface area contributed by atoms with Crippen LogP contribution in [-0.2, 0) is 6.61 Å². The van der Waals surface area contributed by atoms with Gasteiger partial charge in [-0.25, -0.2) is 0 Å². The Morgan fingerprint density at radius 2 is 1.90 bits per heavy atom. The number of benzene rings is 2. The van der Waals surface area contributed by atoms with Crippen LogP contribution in [0.15, 0.2) is 46.9 Å². The summed E-state index contributed by atoms with van der Waals surface area (Å²) in [5.74, 6) is 0.816. The van der Waals surface area contributed by atoms with Gasteiger partial charge in [0, 0.05) is 21.1 Å². The number of nitrogens with two attached hydrogens (primary N) is 1. The van der Waals surface area contributed by atoms with E-state index in [1.54, 1.807) is 0 Å². The van der Waals surface area contributed by atoms with E-state index in [4.69, 9.17) is 22.1 Å². The van der Waals surface area contributed by atoms with E-state index < -0.39 is 0 Å². The minimum Gasteiger partial charge on any atom is -0.489 e. The SMILES string of the molecule is CC[C@@H](N)c1ccc(OCc2ccc(Br)cc2Cl)cc1. The van der Waals surface area contributed by atoms with E-state index in [-0.39, 0.29) is 6.04 Å². The van der Waals surface area contributed by atoms with Gasteiger partial charge in [0.1, 0.15) is 12.4 Å². The van der Waals surface area contributed by atoms with Crippen LogP contribution in [0.25, 0.3) is 0 Å². The zero-order valence-electron chi connectivity index (χ0n) is 11.3. The van der Waals surface area contributed by atoms with Gasteiger partial charge in [0.2, 0.25) is 0 Å². The Hall–Kier alpha value is -1.03. The van der Waals surface area contributed by atoms with Crippen molar-refractivity contribution in [2.45, 2.75) is 26.0 Å². The standard InChI is InChI=1S/C16H17BrClNO/c1-2-16(19)11-4-7-14(8-5-11)20-10-12-3-6-13(17)9-15(12)18/h3-9,16H,2,10,19H2,1H3/t16-/m1/s1. The van der Waals surface area contributed by atoms with E-state index in [1.807, 2.05) is 42.5 Å². The molecule has 0 fully saturated rings. The highest BCUT2D eigenvalue weighted by molar-refractivity contribution is 9.10. The highest BCUT2D eigenvalue weighted by atomic mass is 79.9. The van der Waals surface area contributed by atoms with Gasteiger partial charge in [-0.1, -0.05) is 52.7 Å². The van der Waals surface area contributed by atoms with Crippen LogP contribution in [0, 0.1) is 0 Å². The molecular weight excluding hydrogens is 338 g/mol. The predicted octanol–water partition coefficient (Wildman–Crippen LogP) is 5.09. The van der Waals surface area contributed by atoms with Crippen molar-refractivity contribution < 1.29 is 4.74 Å². The van der Waals surface area contributed by atoms with Crippen molar-refractivity contribution in [2.24, 2.45) is 5.73 Å². The number of ether oxygens (including phenoxy) is 1. The number of hydrogen-bond acceptors (Lipinski definition) is 2. The zero-order valence-corrected chi connectivity index (χ0v) is 13.6. The van der Waals surface area contributed by atoms with Gasteiger partial charge in [-0.3, -0.25) is 0 Å². The van der Waals surface area contributed by atoms with E-state index >= 15 is 0 Å². The van der Waals surface area contributed by atoms with Crippen LogP contribution >= 0.6 is 27.5 Å². The molecule has 0 amide bonds. The Morgan fingerprint density at radius 1 is 1.20 bits per heavy atom. The van der Waals surface area contributed by atoms with Crippen LogP contribution in [0.1, 0.15) is 30.5 Å². The molecule has 1 atom stereocenters. The first-order valence-electron chi connectivity index (χ1n) is 6.52. The Bertz CT molecular complexity index is 571. The summed E-state index contributed by atoms with van der Waals surface area (Å²) < 4.78 is 6.70. The highest BCUT2D eigenvalue weighted by Crippen LogP contribution is 2.24. The second kappa shape index (κ2) is 7.11. The van der Waals surface area contributed by atoms with Crippen molar-refractivity contribution in [3.05, 3.63) is 63.1 Å². The van der Waals surface area contributed by atoms with Gasteiger partial charge in [-0.2, -0.15) is 0 Å². The topological polar surface area (TPSA) is 35.2 Å². The van der Waals surface area contributed by atoms with Crippen molar-refractivity contribution in [3.8, 4) is 5.75 Å². The average Bonchev–Trinajstić information content (AvgIpc) is 2.46. The lowest BCUT2D eigenvalue weighted by molar-refractivity contribution is 0.306. The molecule has 0 spiro atoms. The van der Waals surface area contributed by atoms with Gasteiger partial charge in [0.05, 0.1) is 0 Å². The summed E-state index contributed by atoms with van der Waals surface area (Å²) >= 11 is 9.54. The lowest BCUT2D eigenvalue weighted by atomic mass is 10.1. The molecule has 0 saturated carbocycles. The third-order valence-electron chi connectivity index (χ3n) is 3.16. The molecule has 0 unspecified atom stereocenters. The number of hydrogen-bond donors (Lipinski definition) is 1. The quantitative estimate of drug-likeness (QED) is 0.811. The maximum atomic E-state index is 6.15. The molecule has 2 aromatic rings. The molecule has 2 N–H and O–H groups in total. The van der Waals surface area contributed by atoms with E-state index in [9.17, 15) is 0 Å². The van der Waals surface area contributed by atoms with Crippen molar-refractivity contribution in [2.75, 3.05) is 0 Å². The molecule has 2 aromatic carbocycles.